The first-order valence-corrected chi connectivity index (χ1v) is 10.4. The number of hydrogen-bond acceptors (Lipinski definition) is 5. The Morgan fingerprint density at radius 3 is 2.75 bits per heavy atom. The van der Waals surface area contributed by atoms with Crippen molar-refractivity contribution in [2.45, 2.75) is 45.7 Å². The van der Waals surface area contributed by atoms with E-state index in [1.165, 1.54) is 11.3 Å². The molecular weight excluding hydrogens is 394 g/mol. The predicted molar refractivity (Wildman–Crippen MR) is 115 cm³/mol. The second-order valence-electron chi connectivity index (χ2n) is 7.30. The highest BCUT2D eigenvalue weighted by Crippen LogP contribution is 2.29. The molecule has 1 N–H and O–H groups in total. The SMILES string of the molecule is Cc1nc2ccccn2c1-c1nc(C(=O)N(C(C)C)C2CCNCC2)cs1.Cl. The zero-order chi connectivity index (χ0) is 19.0. The third-order valence-corrected chi connectivity index (χ3v) is 5.97. The number of aromatic nitrogens is 3. The number of imidazole rings is 1. The number of hydrogen-bond donors (Lipinski definition) is 1. The van der Waals surface area contributed by atoms with Crippen LogP contribution in [0, 0.1) is 6.92 Å². The fraction of sp³-hybridized carbons (Fsp3) is 0.450. The molecule has 4 heterocycles. The van der Waals surface area contributed by atoms with E-state index >= 15 is 0 Å². The molecule has 1 aliphatic rings. The number of halogens is 1. The largest absolute Gasteiger partial charge is 0.332 e. The summed E-state index contributed by atoms with van der Waals surface area (Å²) in [4.78, 5) is 24.6. The molecule has 1 fully saturated rings. The van der Waals surface area contributed by atoms with E-state index in [4.69, 9.17) is 4.98 Å². The molecule has 0 aliphatic carbocycles. The van der Waals surface area contributed by atoms with Crippen LogP contribution in [0.15, 0.2) is 29.8 Å². The summed E-state index contributed by atoms with van der Waals surface area (Å²) >= 11 is 1.51. The number of rotatable bonds is 4. The first-order chi connectivity index (χ1) is 13.1. The average molecular weight is 420 g/mol. The lowest BCUT2D eigenvalue weighted by Crippen LogP contribution is -2.49. The molecule has 28 heavy (non-hydrogen) atoms. The Hall–Kier alpha value is -1.96. The first-order valence-electron chi connectivity index (χ1n) is 9.49. The van der Waals surface area contributed by atoms with Crippen molar-refractivity contribution in [3.05, 3.63) is 41.2 Å². The maximum atomic E-state index is 13.2. The molecule has 0 unspecified atom stereocenters. The van der Waals surface area contributed by atoms with Crippen LogP contribution in [0.2, 0.25) is 0 Å². The topological polar surface area (TPSA) is 62.5 Å². The van der Waals surface area contributed by atoms with E-state index in [0.29, 0.717) is 5.69 Å². The number of amides is 1. The Morgan fingerprint density at radius 2 is 2.04 bits per heavy atom. The van der Waals surface area contributed by atoms with Gasteiger partial charge < -0.3 is 10.2 Å². The van der Waals surface area contributed by atoms with Crippen molar-refractivity contribution in [3.8, 4) is 10.7 Å². The third-order valence-electron chi connectivity index (χ3n) is 5.12. The smallest absolute Gasteiger partial charge is 0.273 e. The van der Waals surface area contributed by atoms with E-state index < -0.39 is 0 Å². The van der Waals surface area contributed by atoms with Gasteiger partial charge in [-0.2, -0.15) is 0 Å². The van der Waals surface area contributed by atoms with Crippen LogP contribution in [0.5, 0.6) is 0 Å². The molecule has 150 valence electrons. The summed E-state index contributed by atoms with van der Waals surface area (Å²) in [5.74, 6) is 0.0332. The van der Waals surface area contributed by atoms with Crippen molar-refractivity contribution in [2.24, 2.45) is 0 Å². The van der Waals surface area contributed by atoms with Crippen LogP contribution in [0.1, 0.15) is 42.9 Å². The van der Waals surface area contributed by atoms with E-state index in [-0.39, 0.29) is 30.4 Å². The highest BCUT2D eigenvalue weighted by molar-refractivity contribution is 7.13. The van der Waals surface area contributed by atoms with E-state index in [0.717, 1.165) is 48.0 Å². The molecular formula is C20H26ClN5OS. The minimum Gasteiger partial charge on any atom is -0.332 e. The van der Waals surface area contributed by atoms with Gasteiger partial charge in [-0.25, -0.2) is 9.97 Å². The third kappa shape index (κ3) is 3.79. The maximum absolute atomic E-state index is 13.2. The van der Waals surface area contributed by atoms with Gasteiger partial charge in [0.2, 0.25) is 0 Å². The summed E-state index contributed by atoms with van der Waals surface area (Å²) < 4.78 is 2.04. The Morgan fingerprint density at radius 1 is 1.29 bits per heavy atom. The van der Waals surface area contributed by atoms with Crippen LogP contribution in [-0.4, -0.2) is 50.3 Å². The summed E-state index contributed by atoms with van der Waals surface area (Å²) in [5, 5.41) is 6.09. The molecule has 1 saturated heterocycles. The Balaban J connectivity index is 0.00000225. The molecule has 0 atom stereocenters. The van der Waals surface area contributed by atoms with Crippen LogP contribution < -0.4 is 5.32 Å². The number of pyridine rings is 1. The van der Waals surface area contributed by atoms with Crippen LogP contribution >= 0.6 is 23.7 Å². The van der Waals surface area contributed by atoms with Crippen LogP contribution in [0.25, 0.3) is 16.3 Å². The van der Waals surface area contributed by atoms with Gasteiger partial charge in [0.05, 0.1) is 5.69 Å². The van der Waals surface area contributed by atoms with Crippen molar-refractivity contribution >= 4 is 35.3 Å². The lowest BCUT2D eigenvalue weighted by atomic mass is 10.0. The second-order valence-corrected chi connectivity index (χ2v) is 8.16. The maximum Gasteiger partial charge on any atom is 0.273 e. The van der Waals surface area contributed by atoms with Gasteiger partial charge in [-0.3, -0.25) is 9.20 Å². The van der Waals surface area contributed by atoms with Crippen molar-refractivity contribution in [1.82, 2.24) is 24.6 Å². The van der Waals surface area contributed by atoms with Gasteiger partial charge in [-0.05, 0) is 58.8 Å². The number of piperidine rings is 1. The number of fused-ring (bicyclic) bond motifs is 1. The summed E-state index contributed by atoms with van der Waals surface area (Å²) in [6.07, 6.45) is 3.98. The molecule has 8 heteroatoms. The highest BCUT2D eigenvalue weighted by Gasteiger charge is 2.30. The average Bonchev–Trinajstić information content (AvgIpc) is 3.25. The first kappa shape index (κ1) is 20.8. The molecule has 6 nitrogen and oxygen atoms in total. The van der Waals surface area contributed by atoms with Gasteiger partial charge in [0.15, 0.2) is 0 Å². The van der Waals surface area contributed by atoms with Crippen LogP contribution in [-0.2, 0) is 0 Å². The quantitative estimate of drug-likeness (QED) is 0.698. The van der Waals surface area contributed by atoms with Crippen molar-refractivity contribution < 1.29 is 4.79 Å². The van der Waals surface area contributed by atoms with Crippen molar-refractivity contribution in [3.63, 3.8) is 0 Å². The number of thiazole rings is 1. The Kier molecular flexibility index (Phi) is 6.37. The van der Waals surface area contributed by atoms with Gasteiger partial charge in [0.25, 0.3) is 5.91 Å². The summed E-state index contributed by atoms with van der Waals surface area (Å²) in [7, 11) is 0. The number of nitrogens with zero attached hydrogens (tertiary/aromatic N) is 4. The molecule has 0 radical (unpaired) electrons. The fourth-order valence-electron chi connectivity index (χ4n) is 3.89. The number of carbonyl (C=O) groups is 1. The number of nitrogens with one attached hydrogen (secondary N) is 1. The second kappa shape index (κ2) is 8.59. The zero-order valence-corrected chi connectivity index (χ0v) is 18.0. The summed E-state index contributed by atoms with van der Waals surface area (Å²) in [6, 6.07) is 6.37. The minimum absolute atomic E-state index is 0. The molecule has 0 saturated carbocycles. The predicted octanol–water partition coefficient (Wildman–Crippen LogP) is 3.79. The standard InChI is InChI=1S/C20H25N5OS.ClH/c1-13(2)25(15-7-9-21-10-8-15)20(26)16-12-27-19(23-16)18-14(3)22-17-6-4-5-11-24(17)18;/h4-6,11-13,15,21H,7-10H2,1-3H3;1H. The lowest BCUT2D eigenvalue weighted by molar-refractivity contribution is 0.0560. The van der Waals surface area contributed by atoms with Gasteiger partial charge in [-0.1, -0.05) is 6.07 Å². The van der Waals surface area contributed by atoms with Crippen LogP contribution in [0.4, 0.5) is 0 Å². The Bertz CT molecular complexity index is 961. The van der Waals surface area contributed by atoms with E-state index in [2.05, 4.69) is 24.1 Å². The van der Waals surface area contributed by atoms with Crippen molar-refractivity contribution in [1.29, 1.82) is 0 Å². The molecule has 0 aromatic carbocycles. The van der Waals surface area contributed by atoms with Gasteiger partial charge >= 0.3 is 0 Å². The van der Waals surface area contributed by atoms with Gasteiger partial charge in [-0.15, -0.1) is 23.7 Å². The number of aryl methyl sites for hydroxylation is 1. The molecule has 0 bridgehead atoms. The zero-order valence-electron chi connectivity index (χ0n) is 16.4. The van der Waals surface area contributed by atoms with Crippen LogP contribution in [0.3, 0.4) is 0 Å². The molecule has 1 aliphatic heterocycles. The molecule has 1 amide bonds. The summed E-state index contributed by atoms with van der Waals surface area (Å²) in [6.45, 7) is 8.08. The van der Waals surface area contributed by atoms with E-state index in [1.54, 1.807) is 0 Å². The van der Waals surface area contributed by atoms with Gasteiger partial charge in [0, 0.05) is 23.7 Å². The molecule has 0 spiro atoms. The minimum atomic E-state index is 0. The monoisotopic (exact) mass is 419 g/mol. The highest BCUT2D eigenvalue weighted by atomic mass is 35.5. The molecule has 3 aromatic rings. The number of carbonyl (C=O) groups excluding carboxylic acids is 1. The normalized spacial score (nSPS) is 15.0. The Labute approximate surface area is 175 Å². The van der Waals surface area contributed by atoms with Crippen molar-refractivity contribution in [2.75, 3.05) is 13.1 Å². The lowest BCUT2D eigenvalue weighted by Gasteiger charge is -2.37. The molecule has 4 rings (SSSR count). The fourth-order valence-corrected chi connectivity index (χ4v) is 4.78. The van der Waals surface area contributed by atoms with E-state index in [1.807, 2.05) is 46.0 Å². The van der Waals surface area contributed by atoms with Gasteiger partial charge in [0.1, 0.15) is 22.0 Å². The summed E-state index contributed by atoms with van der Waals surface area (Å²) in [5.41, 5.74) is 3.32. The van der Waals surface area contributed by atoms with E-state index in [9.17, 15) is 4.79 Å². The molecule has 3 aromatic heterocycles.